The highest BCUT2D eigenvalue weighted by molar-refractivity contribution is 5.75. The molecule has 0 aliphatic carbocycles. The van der Waals surface area contributed by atoms with Crippen LogP contribution in [0.5, 0.6) is 0 Å². The smallest absolute Gasteiger partial charge is 0.277 e. The van der Waals surface area contributed by atoms with E-state index in [2.05, 4.69) is 21.5 Å². The summed E-state index contributed by atoms with van der Waals surface area (Å²) >= 11 is 0. The first kappa shape index (κ1) is 8.62. The molecule has 0 bridgehead atoms. The van der Waals surface area contributed by atoms with E-state index in [4.69, 9.17) is 0 Å². The molecule has 1 N–H and O–H groups in total. The predicted octanol–water partition coefficient (Wildman–Crippen LogP) is 1.27. The lowest BCUT2D eigenvalue weighted by molar-refractivity contribution is 1.05. The molecule has 2 aromatic heterocycles. The highest BCUT2D eigenvalue weighted by atomic mass is 16.1. The summed E-state index contributed by atoms with van der Waals surface area (Å²) in [5.74, 6) is 0.588. The molecule has 70 valence electrons. The first-order chi connectivity index (χ1) is 6.70. The average molecular weight is 187 g/mol. The Hall–Kier alpha value is -1.97. The van der Waals surface area contributed by atoms with E-state index in [1.165, 1.54) is 0 Å². The summed E-state index contributed by atoms with van der Waals surface area (Å²) in [6, 6.07) is 1.79. The van der Waals surface area contributed by atoms with Crippen LogP contribution in [0.1, 0.15) is 11.4 Å². The Balaban J connectivity index is 2.88. The highest BCUT2D eigenvalue weighted by Crippen LogP contribution is 2.07. The van der Waals surface area contributed by atoms with Crippen molar-refractivity contribution in [1.29, 1.82) is 0 Å². The van der Waals surface area contributed by atoms with Crippen LogP contribution < -0.4 is 5.56 Å². The Morgan fingerprint density at radius 1 is 1.57 bits per heavy atom. The van der Waals surface area contributed by atoms with Crippen LogP contribution in [0, 0.1) is 6.92 Å². The fourth-order valence-corrected chi connectivity index (χ4v) is 1.27. The number of aryl methyl sites for hydroxylation is 1. The van der Waals surface area contributed by atoms with E-state index in [9.17, 15) is 4.79 Å². The Morgan fingerprint density at radius 2 is 2.36 bits per heavy atom. The van der Waals surface area contributed by atoms with E-state index in [0.29, 0.717) is 16.9 Å². The molecule has 2 heterocycles. The minimum absolute atomic E-state index is 0.205. The molecule has 0 radical (unpaired) electrons. The maximum atomic E-state index is 11.4. The lowest BCUT2D eigenvalue weighted by atomic mass is 10.2. The SMILES string of the molecule is C=Cc1cnc2c(=O)[nH]c(C)nc2c1. The third-order valence-electron chi connectivity index (χ3n) is 1.92. The fraction of sp³-hybridized carbons (Fsp3) is 0.100. The van der Waals surface area contributed by atoms with Crippen LogP contribution in [0.25, 0.3) is 17.1 Å². The number of aromatic amines is 1. The molecule has 0 aromatic carbocycles. The monoisotopic (exact) mass is 187 g/mol. The lowest BCUT2D eigenvalue weighted by Gasteiger charge is -1.98. The van der Waals surface area contributed by atoms with Crippen molar-refractivity contribution in [1.82, 2.24) is 15.0 Å². The van der Waals surface area contributed by atoms with Crippen molar-refractivity contribution in [2.45, 2.75) is 6.92 Å². The Bertz CT molecular complexity index is 557. The summed E-state index contributed by atoms with van der Waals surface area (Å²) in [5.41, 5.74) is 1.61. The average Bonchev–Trinajstić information content (AvgIpc) is 2.16. The van der Waals surface area contributed by atoms with Crippen LogP contribution in [-0.4, -0.2) is 15.0 Å². The van der Waals surface area contributed by atoms with Crippen molar-refractivity contribution < 1.29 is 0 Å². The predicted molar refractivity (Wildman–Crippen MR) is 55.0 cm³/mol. The van der Waals surface area contributed by atoms with Crippen molar-refractivity contribution in [3.63, 3.8) is 0 Å². The van der Waals surface area contributed by atoms with Crippen molar-refractivity contribution >= 4 is 17.1 Å². The molecule has 0 saturated heterocycles. The molecule has 0 saturated carbocycles. The van der Waals surface area contributed by atoms with Gasteiger partial charge in [0, 0.05) is 6.20 Å². The molecule has 0 aliphatic rings. The number of rotatable bonds is 1. The second-order valence-corrected chi connectivity index (χ2v) is 2.99. The van der Waals surface area contributed by atoms with Gasteiger partial charge < -0.3 is 4.98 Å². The van der Waals surface area contributed by atoms with Crippen molar-refractivity contribution in [2.24, 2.45) is 0 Å². The maximum absolute atomic E-state index is 11.4. The summed E-state index contributed by atoms with van der Waals surface area (Å²) in [7, 11) is 0. The van der Waals surface area contributed by atoms with Gasteiger partial charge in [0.2, 0.25) is 0 Å². The van der Waals surface area contributed by atoms with Crippen LogP contribution in [0.2, 0.25) is 0 Å². The van der Waals surface area contributed by atoms with E-state index in [0.717, 1.165) is 5.56 Å². The zero-order valence-corrected chi connectivity index (χ0v) is 7.74. The third kappa shape index (κ3) is 1.31. The van der Waals surface area contributed by atoms with Gasteiger partial charge in [-0.1, -0.05) is 12.7 Å². The number of pyridine rings is 1. The largest absolute Gasteiger partial charge is 0.309 e. The third-order valence-corrected chi connectivity index (χ3v) is 1.92. The van der Waals surface area contributed by atoms with Crippen LogP contribution in [0.15, 0.2) is 23.6 Å². The minimum atomic E-state index is -0.205. The van der Waals surface area contributed by atoms with Gasteiger partial charge in [-0.2, -0.15) is 0 Å². The molecular formula is C10H9N3O. The van der Waals surface area contributed by atoms with Gasteiger partial charge in [0.15, 0.2) is 5.52 Å². The van der Waals surface area contributed by atoms with Crippen molar-refractivity contribution in [2.75, 3.05) is 0 Å². The molecule has 0 amide bonds. The van der Waals surface area contributed by atoms with E-state index in [-0.39, 0.29) is 5.56 Å². The van der Waals surface area contributed by atoms with E-state index < -0.39 is 0 Å². The van der Waals surface area contributed by atoms with Gasteiger partial charge >= 0.3 is 0 Å². The molecule has 0 unspecified atom stereocenters. The molecular weight excluding hydrogens is 178 g/mol. The number of hydrogen-bond donors (Lipinski definition) is 1. The minimum Gasteiger partial charge on any atom is -0.309 e. The molecule has 0 atom stereocenters. The van der Waals surface area contributed by atoms with Gasteiger partial charge in [-0.05, 0) is 18.6 Å². The number of aromatic nitrogens is 3. The van der Waals surface area contributed by atoms with Crippen LogP contribution in [-0.2, 0) is 0 Å². The lowest BCUT2D eigenvalue weighted by Crippen LogP contribution is -2.11. The zero-order valence-electron chi connectivity index (χ0n) is 7.74. The first-order valence-corrected chi connectivity index (χ1v) is 4.20. The molecule has 2 rings (SSSR count). The van der Waals surface area contributed by atoms with Crippen LogP contribution in [0.4, 0.5) is 0 Å². The molecule has 14 heavy (non-hydrogen) atoms. The van der Waals surface area contributed by atoms with Crippen LogP contribution >= 0.6 is 0 Å². The normalized spacial score (nSPS) is 10.4. The molecule has 0 fully saturated rings. The maximum Gasteiger partial charge on any atom is 0.277 e. The summed E-state index contributed by atoms with van der Waals surface area (Å²) in [5, 5.41) is 0. The molecule has 4 heteroatoms. The van der Waals surface area contributed by atoms with Gasteiger partial charge in [0.25, 0.3) is 5.56 Å². The summed E-state index contributed by atoms with van der Waals surface area (Å²) in [6.07, 6.45) is 3.27. The summed E-state index contributed by atoms with van der Waals surface area (Å²) in [4.78, 5) is 22.2. The van der Waals surface area contributed by atoms with Gasteiger partial charge in [0.1, 0.15) is 5.82 Å². The van der Waals surface area contributed by atoms with Gasteiger partial charge in [-0.15, -0.1) is 0 Å². The number of nitrogens with one attached hydrogen (secondary N) is 1. The topological polar surface area (TPSA) is 58.6 Å². The Kier molecular flexibility index (Phi) is 1.89. The quantitative estimate of drug-likeness (QED) is 0.731. The molecule has 4 nitrogen and oxygen atoms in total. The van der Waals surface area contributed by atoms with E-state index in [1.807, 2.05) is 0 Å². The second-order valence-electron chi connectivity index (χ2n) is 2.99. The highest BCUT2D eigenvalue weighted by Gasteiger charge is 2.02. The number of nitrogens with zero attached hydrogens (tertiary/aromatic N) is 2. The fourth-order valence-electron chi connectivity index (χ4n) is 1.27. The number of fused-ring (bicyclic) bond motifs is 1. The molecule has 0 aliphatic heterocycles. The van der Waals surface area contributed by atoms with Gasteiger partial charge in [0.05, 0.1) is 5.52 Å². The van der Waals surface area contributed by atoms with Gasteiger partial charge in [-0.3, -0.25) is 4.79 Å². The van der Waals surface area contributed by atoms with Crippen molar-refractivity contribution in [3.05, 3.63) is 40.6 Å². The molecule has 2 aromatic rings. The number of hydrogen-bond acceptors (Lipinski definition) is 3. The van der Waals surface area contributed by atoms with E-state index >= 15 is 0 Å². The standard InChI is InChI=1S/C10H9N3O/c1-3-7-4-8-9(11-5-7)10(14)13-6(2)12-8/h3-5H,1H2,2H3,(H,12,13,14). The van der Waals surface area contributed by atoms with Crippen molar-refractivity contribution in [3.8, 4) is 0 Å². The second kappa shape index (κ2) is 3.06. The number of H-pyrrole nitrogens is 1. The van der Waals surface area contributed by atoms with E-state index in [1.54, 1.807) is 25.3 Å². The van der Waals surface area contributed by atoms with Gasteiger partial charge in [-0.25, -0.2) is 9.97 Å². The first-order valence-electron chi connectivity index (χ1n) is 4.20. The zero-order chi connectivity index (χ0) is 10.1. The van der Waals surface area contributed by atoms with Crippen LogP contribution in [0.3, 0.4) is 0 Å². The summed E-state index contributed by atoms with van der Waals surface area (Å²) < 4.78 is 0. The molecule has 0 spiro atoms. The Morgan fingerprint density at radius 3 is 3.07 bits per heavy atom. The Labute approximate surface area is 80.3 Å². The summed E-state index contributed by atoms with van der Waals surface area (Å²) in [6.45, 7) is 5.37.